The summed E-state index contributed by atoms with van der Waals surface area (Å²) in [7, 11) is 0. The van der Waals surface area contributed by atoms with Crippen LogP contribution in [0.25, 0.3) is 22.3 Å². The third-order valence-electron chi connectivity index (χ3n) is 3.13. The number of nitrogens with zero attached hydrogens (tertiary/aromatic N) is 2. The quantitative estimate of drug-likeness (QED) is 0.653. The summed E-state index contributed by atoms with van der Waals surface area (Å²) in [6, 6.07) is 12.4. The predicted octanol–water partition coefficient (Wildman–Crippen LogP) is 4.05. The highest BCUT2D eigenvalue weighted by atomic mass is 19.1. The molecule has 2 heterocycles. The zero-order chi connectivity index (χ0) is 13.4. The summed E-state index contributed by atoms with van der Waals surface area (Å²) < 4.78 is 13.1. The molecule has 0 bridgehead atoms. The normalized spacial score (nSPS) is 10.9. The van der Waals surface area contributed by atoms with Crippen LogP contribution in [0.5, 0.6) is 0 Å². The number of halogens is 1. The van der Waals surface area contributed by atoms with Gasteiger partial charge >= 0.3 is 0 Å². The molecule has 0 amide bonds. The van der Waals surface area contributed by atoms with Crippen LogP contribution < -0.4 is 0 Å². The fourth-order valence-electron chi connectivity index (χ4n) is 2.11. The monoisotopic (exact) mass is 252 g/mol. The lowest BCUT2D eigenvalue weighted by atomic mass is 10.1. The first-order valence-electron chi connectivity index (χ1n) is 6.14. The second-order valence-corrected chi connectivity index (χ2v) is 4.65. The van der Waals surface area contributed by atoms with Crippen LogP contribution >= 0.6 is 0 Å². The molecule has 2 aromatic heterocycles. The minimum atomic E-state index is -0.244. The standard InChI is InChI=1S/C16H13FN2/c1-10-3-4-11(2)18-16(10)15-7-5-12-9-13(17)6-8-14(12)19-15/h3-9H,1-2H3. The molecule has 3 aromatic rings. The van der Waals surface area contributed by atoms with Gasteiger partial charge in [-0.3, -0.25) is 4.98 Å². The second-order valence-electron chi connectivity index (χ2n) is 4.65. The molecule has 3 rings (SSSR count). The number of rotatable bonds is 1. The number of aryl methyl sites for hydroxylation is 2. The topological polar surface area (TPSA) is 25.8 Å². The largest absolute Gasteiger partial charge is 0.251 e. The second kappa shape index (κ2) is 4.43. The predicted molar refractivity (Wildman–Crippen MR) is 74.4 cm³/mol. The van der Waals surface area contributed by atoms with Crippen LogP contribution in [-0.4, -0.2) is 9.97 Å². The Kier molecular flexibility index (Phi) is 2.75. The van der Waals surface area contributed by atoms with Crippen LogP contribution in [0.2, 0.25) is 0 Å². The van der Waals surface area contributed by atoms with E-state index in [0.29, 0.717) is 0 Å². The van der Waals surface area contributed by atoms with Crippen LogP contribution in [0, 0.1) is 19.7 Å². The Labute approximate surface area is 111 Å². The van der Waals surface area contributed by atoms with Crippen LogP contribution in [-0.2, 0) is 0 Å². The Morgan fingerprint density at radius 3 is 2.58 bits per heavy atom. The Morgan fingerprint density at radius 1 is 0.895 bits per heavy atom. The Bertz CT molecular complexity index is 766. The van der Waals surface area contributed by atoms with E-state index in [1.807, 2.05) is 38.1 Å². The highest BCUT2D eigenvalue weighted by molar-refractivity contribution is 5.81. The van der Waals surface area contributed by atoms with Crippen molar-refractivity contribution in [2.45, 2.75) is 13.8 Å². The molecule has 0 atom stereocenters. The highest BCUT2D eigenvalue weighted by Gasteiger charge is 2.07. The van der Waals surface area contributed by atoms with Gasteiger partial charge in [-0.15, -0.1) is 0 Å². The average molecular weight is 252 g/mol. The molecule has 19 heavy (non-hydrogen) atoms. The smallest absolute Gasteiger partial charge is 0.123 e. The first-order valence-corrected chi connectivity index (χ1v) is 6.14. The van der Waals surface area contributed by atoms with Gasteiger partial charge < -0.3 is 0 Å². The molecule has 0 fully saturated rings. The fraction of sp³-hybridized carbons (Fsp3) is 0.125. The van der Waals surface area contributed by atoms with Crippen molar-refractivity contribution in [2.75, 3.05) is 0 Å². The van der Waals surface area contributed by atoms with E-state index in [1.54, 1.807) is 6.07 Å². The number of hydrogen-bond acceptors (Lipinski definition) is 2. The number of hydrogen-bond donors (Lipinski definition) is 0. The van der Waals surface area contributed by atoms with Crippen molar-refractivity contribution < 1.29 is 4.39 Å². The van der Waals surface area contributed by atoms with Gasteiger partial charge in [0.25, 0.3) is 0 Å². The molecule has 0 spiro atoms. The maximum absolute atomic E-state index is 13.1. The summed E-state index contributed by atoms with van der Waals surface area (Å²) in [6.45, 7) is 3.97. The maximum Gasteiger partial charge on any atom is 0.123 e. The molecule has 0 N–H and O–H groups in total. The molecule has 0 aliphatic rings. The van der Waals surface area contributed by atoms with E-state index in [0.717, 1.165) is 33.5 Å². The number of benzene rings is 1. The summed E-state index contributed by atoms with van der Waals surface area (Å²) >= 11 is 0. The molecule has 0 unspecified atom stereocenters. The van der Waals surface area contributed by atoms with Crippen molar-refractivity contribution in [2.24, 2.45) is 0 Å². The van der Waals surface area contributed by atoms with Gasteiger partial charge in [0.2, 0.25) is 0 Å². The molecule has 0 aliphatic carbocycles. The van der Waals surface area contributed by atoms with E-state index < -0.39 is 0 Å². The average Bonchev–Trinajstić information content (AvgIpc) is 2.41. The first kappa shape index (κ1) is 11.8. The SMILES string of the molecule is Cc1ccc(C)c(-c2ccc3cc(F)ccc3n2)n1. The van der Waals surface area contributed by atoms with Gasteiger partial charge in [0.1, 0.15) is 5.82 Å². The molecule has 0 aliphatic heterocycles. The fourth-order valence-corrected chi connectivity index (χ4v) is 2.11. The van der Waals surface area contributed by atoms with Gasteiger partial charge in [-0.25, -0.2) is 9.37 Å². The van der Waals surface area contributed by atoms with E-state index in [4.69, 9.17) is 0 Å². The van der Waals surface area contributed by atoms with Crippen LogP contribution in [0.3, 0.4) is 0 Å². The van der Waals surface area contributed by atoms with Gasteiger partial charge in [0, 0.05) is 11.1 Å². The molecule has 0 radical (unpaired) electrons. The van der Waals surface area contributed by atoms with Crippen LogP contribution in [0.1, 0.15) is 11.3 Å². The Morgan fingerprint density at radius 2 is 1.74 bits per heavy atom. The zero-order valence-electron chi connectivity index (χ0n) is 10.8. The maximum atomic E-state index is 13.1. The summed E-state index contributed by atoms with van der Waals surface area (Å²) in [4.78, 5) is 9.09. The molecule has 3 heteroatoms. The van der Waals surface area contributed by atoms with Gasteiger partial charge in [-0.2, -0.15) is 0 Å². The molecular formula is C16H13FN2. The lowest BCUT2D eigenvalue weighted by Gasteiger charge is -2.06. The lowest BCUT2D eigenvalue weighted by molar-refractivity contribution is 0.629. The van der Waals surface area contributed by atoms with Crippen LogP contribution in [0.4, 0.5) is 4.39 Å². The molecule has 0 saturated heterocycles. The number of pyridine rings is 2. The van der Waals surface area contributed by atoms with Crippen molar-refractivity contribution >= 4 is 10.9 Å². The molecule has 0 saturated carbocycles. The molecular weight excluding hydrogens is 239 g/mol. The third-order valence-corrected chi connectivity index (χ3v) is 3.13. The summed E-state index contributed by atoms with van der Waals surface area (Å²) in [5.74, 6) is -0.244. The van der Waals surface area contributed by atoms with E-state index in [9.17, 15) is 4.39 Å². The van der Waals surface area contributed by atoms with Gasteiger partial charge in [-0.05, 0) is 49.7 Å². The number of fused-ring (bicyclic) bond motifs is 1. The molecule has 2 nitrogen and oxygen atoms in total. The number of aromatic nitrogens is 2. The summed E-state index contributed by atoms with van der Waals surface area (Å²) in [5, 5.41) is 0.800. The van der Waals surface area contributed by atoms with E-state index in [2.05, 4.69) is 9.97 Å². The van der Waals surface area contributed by atoms with Crippen molar-refractivity contribution in [1.29, 1.82) is 0 Å². The van der Waals surface area contributed by atoms with E-state index in [-0.39, 0.29) is 5.82 Å². The minimum absolute atomic E-state index is 0.244. The van der Waals surface area contributed by atoms with Gasteiger partial charge in [0.05, 0.1) is 16.9 Å². The third kappa shape index (κ3) is 2.19. The van der Waals surface area contributed by atoms with E-state index >= 15 is 0 Å². The van der Waals surface area contributed by atoms with Crippen molar-refractivity contribution in [1.82, 2.24) is 9.97 Å². The van der Waals surface area contributed by atoms with Crippen LogP contribution in [0.15, 0.2) is 42.5 Å². The van der Waals surface area contributed by atoms with Crippen molar-refractivity contribution in [3.8, 4) is 11.4 Å². The summed E-state index contributed by atoms with van der Waals surface area (Å²) in [6.07, 6.45) is 0. The van der Waals surface area contributed by atoms with Crippen molar-refractivity contribution in [3.05, 3.63) is 59.5 Å². The summed E-state index contributed by atoms with van der Waals surface area (Å²) in [5.41, 5.74) is 4.52. The Balaban J connectivity index is 2.20. The van der Waals surface area contributed by atoms with E-state index in [1.165, 1.54) is 12.1 Å². The molecule has 1 aromatic carbocycles. The van der Waals surface area contributed by atoms with Gasteiger partial charge in [0.15, 0.2) is 0 Å². The lowest BCUT2D eigenvalue weighted by Crippen LogP contribution is -1.93. The first-order chi connectivity index (χ1) is 9.13. The highest BCUT2D eigenvalue weighted by Crippen LogP contribution is 2.23. The van der Waals surface area contributed by atoms with Gasteiger partial charge in [-0.1, -0.05) is 12.1 Å². The minimum Gasteiger partial charge on any atom is -0.251 e. The molecule has 94 valence electrons. The zero-order valence-corrected chi connectivity index (χ0v) is 10.8. The van der Waals surface area contributed by atoms with Crippen molar-refractivity contribution in [3.63, 3.8) is 0 Å². The Hall–Kier alpha value is -2.29.